The molecule has 1 aliphatic heterocycles. The van der Waals surface area contributed by atoms with E-state index in [1.165, 1.54) is 32.1 Å². The van der Waals surface area contributed by atoms with Crippen molar-refractivity contribution in [2.45, 2.75) is 12.8 Å². The highest BCUT2D eigenvalue weighted by Crippen LogP contribution is 2.28. The van der Waals surface area contributed by atoms with Crippen LogP contribution in [0.2, 0.25) is 0 Å². The zero-order valence-corrected chi connectivity index (χ0v) is 18.6. The van der Waals surface area contributed by atoms with Crippen LogP contribution in [0.4, 0.5) is 5.69 Å². The van der Waals surface area contributed by atoms with Crippen LogP contribution in [0.25, 0.3) is 27.6 Å². The van der Waals surface area contributed by atoms with Gasteiger partial charge in [0.1, 0.15) is 0 Å². The molecule has 1 aromatic heterocycles. The predicted molar refractivity (Wildman–Crippen MR) is 137 cm³/mol. The van der Waals surface area contributed by atoms with Gasteiger partial charge in [-0.3, -0.25) is 9.36 Å². The molecule has 33 heavy (non-hydrogen) atoms. The molecular formula is C28H28N4O. The normalized spacial score (nSPS) is 13.9. The Morgan fingerprint density at radius 2 is 1.76 bits per heavy atom. The van der Waals surface area contributed by atoms with Crippen molar-refractivity contribution in [1.29, 1.82) is 5.41 Å². The van der Waals surface area contributed by atoms with Crippen LogP contribution in [-0.2, 0) is 0 Å². The number of hydrogen-bond donors (Lipinski definition) is 2. The predicted octanol–water partition coefficient (Wildman–Crippen LogP) is 5.16. The average molecular weight is 437 g/mol. The van der Waals surface area contributed by atoms with Crippen molar-refractivity contribution in [2.24, 2.45) is 0 Å². The number of pyridine rings is 1. The number of benzene rings is 3. The number of likely N-dealkylation sites (tertiary alicyclic amines) is 1. The molecule has 0 unspecified atom stereocenters. The summed E-state index contributed by atoms with van der Waals surface area (Å²) >= 11 is 0. The number of rotatable bonds is 7. The number of hydrogen-bond acceptors (Lipinski definition) is 4. The molecule has 0 bridgehead atoms. The van der Waals surface area contributed by atoms with Gasteiger partial charge in [-0.05, 0) is 72.1 Å². The molecule has 1 fully saturated rings. The van der Waals surface area contributed by atoms with Gasteiger partial charge in [-0.15, -0.1) is 0 Å². The fourth-order valence-electron chi connectivity index (χ4n) is 4.67. The Kier molecular flexibility index (Phi) is 6.05. The van der Waals surface area contributed by atoms with E-state index in [-0.39, 0.29) is 5.56 Å². The van der Waals surface area contributed by atoms with Gasteiger partial charge in [0.05, 0.1) is 0 Å². The lowest BCUT2D eigenvalue weighted by Gasteiger charge is -2.17. The van der Waals surface area contributed by atoms with Gasteiger partial charge in [0.2, 0.25) is 0 Å². The van der Waals surface area contributed by atoms with Crippen molar-refractivity contribution >= 4 is 22.7 Å². The fraction of sp³-hybridized carbons (Fsp3) is 0.214. The second-order valence-electron chi connectivity index (χ2n) is 8.54. The van der Waals surface area contributed by atoms with E-state index in [4.69, 9.17) is 5.41 Å². The molecular weight excluding hydrogens is 408 g/mol. The summed E-state index contributed by atoms with van der Waals surface area (Å²) in [7, 11) is 0. The van der Waals surface area contributed by atoms with E-state index >= 15 is 0 Å². The molecule has 0 saturated carbocycles. The first-order chi connectivity index (χ1) is 16.2. The minimum Gasteiger partial charge on any atom is -0.383 e. The number of nitrogens with zero attached hydrogens (tertiary/aromatic N) is 2. The molecule has 0 spiro atoms. The highest BCUT2D eigenvalue weighted by molar-refractivity contribution is 5.96. The molecule has 0 radical (unpaired) electrons. The smallest absolute Gasteiger partial charge is 0.255 e. The van der Waals surface area contributed by atoms with E-state index in [1.54, 1.807) is 10.6 Å². The first kappa shape index (κ1) is 21.2. The number of fused-ring (bicyclic) bond motifs is 1. The molecule has 0 aliphatic carbocycles. The molecule has 5 rings (SSSR count). The summed E-state index contributed by atoms with van der Waals surface area (Å²) in [6, 6.07) is 23.8. The summed E-state index contributed by atoms with van der Waals surface area (Å²) in [5, 5.41) is 13.6. The third kappa shape index (κ3) is 4.45. The summed E-state index contributed by atoms with van der Waals surface area (Å²) in [6.07, 6.45) is 5.74. The molecule has 1 aliphatic rings. The largest absolute Gasteiger partial charge is 0.383 e. The van der Waals surface area contributed by atoms with Crippen LogP contribution in [0.3, 0.4) is 0 Å². The van der Waals surface area contributed by atoms with Crippen LogP contribution in [0.15, 0.2) is 83.8 Å². The maximum atomic E-state index is 13.0. The molecule has 1 saturated heterocycles. The number of aromatic nitrogens is 1. The Labute approximate surface area is 193 Å². The van der Waals surface area contributed by atoms with Crippen LogP contribution >= 0.6 is 0 Å². The summed E-state index contributed by atoms with van der Waals surface area (Å²) in [5.74, 6) is 0. The van der Waals surface area contributed by atoms with Gasteiger partial charge in [0.15, 0.2) is 0 Å². The third-order valence-electron chi connectivity index (χ3n) is 6.43. The summed E-state index contributed by atoms with van der Waals surface area (Å²) < 4.78 is 1.63. The maximum absolute atomic E-state index is 13.0. The Bertz CT molecular complexity index is 1350. The van der Waals surface area contributed by atoms with E-state index in [0.717, 1.165) is 51.9 Å². The molecule has 5 nitrogen and oxygen atoms in total. The number of nitrogens with one attached hydrogen (secondary N) is 2. The second-order valence-corrected chi connectivity index (χ2v) is 8.54. The van der Waals surface area contributed by atoms with Crippen molar-refractivity contribution < 1.29 is 0 Å². The lowest BCUT2D eigenvalue weighted by molar-refractivity contribution is 0.352. The molecule has 2 N–H and O–H groups in total. The van der Waals surface area contributed by atoms with Crippen LogP contribution in [-0.4, -0.2) is 41.9 Å². The van der Waals surface area contributed by atoms with Crippen molar-refractivity contribution in [3.05, 3.63) is 94.9 Å². The Hall–Kier alpha value is -3.70. The Balaban J connectivity index is 1.40. The summed E-state index contributed by atoms with van der Waals surface area (Å²) in [4.78, 5) is 15.5. The van der Waals surface area contributed by atoms with Crippen molar-refractivity contribution in [3.63, 3.8) is 0 Å². The third-order valence-corrected chi connectivity index (χ3v) is 6.43. The van der Waals surface area contributed by atoms with E-state index < -0.39 is 0 Å². The van der Waals surface area contributed by atoms with Crippen molar-refractivity contribution in [1.82, 2.24) is 9.47 Å². The van der Waals surface area contributed by atoms with Gasteiger partial charge in [0.25, 0.3) is 5.56 Å². The topological polar surface area (TPSA) is 61.1 Å². The number of anilines is 1. The SMILES string of the molecule is N=Cc1cc(-n2ccc(-c3cccc4ccccc34)cc2=O)ccc1NCCN1CCCC1. The zero-order chi connectivity index (χ0) is 22.6. The van der Waals surface area contributed by atoms with Crippen molar-refractivity contribution in [3.8, 4) is 16.8 Å². The Morgan fingerprint density at radius 3 is 2.58 bits per heavy atom. The molecule has 3 aromatic carbocycles. The van der Waals surface area contributed by atoms with E-state index in [2.05, 4.69) is 34.5 Å². The minimum absolute atomic E-state index is 0.0916. The highest BCUT2D eigenvalue weighted by Gasteiger charge is 2.11. The minimum atomic E-state index is -0.0916. The first-order valence-electron chi connectivity index (χ1n) is 11.5. The molecule has 0 atom stereocenters. The maximum Gasteiger partial charge on any atom is 0.255 e. The fourth-order valence-corrected chi connectivity index (χ4v) is 4.67. The van der Waals surface area contributed by atoms with Crippen LogP contribution < -0.4 is 10.9 Å². The van der Waals surface area contributed by atoms with Gasteiger partial charge < -0.3 is 15.6 Å². The van der Waals surface area contributed by atoms with Gasteiger partial charge in [-0.25, -0.2) is 0 Å². The van der Waals surface area contributed by atoms with Crippen LogP contribution in [0.1, 0.15) is 18.4 Å². The lowest BCUT2D eigenvalue weighted by atomic mass is 9.99. The van der Waals surface area contributed by atoms with Gasteiger partial charge in [-0.1, -0.05) is 42.5 Å². The average Bonchev–Trinajstić information content (AvgIpc) is 3.37. The summed E-state index contributed by atoms with van der Waals surface area (Å²) in [6.45, 7) is 4.21. The molecule has 0 amide bonds. The van der Waals surface area contributed by atoms with Gasteiger partial charge in [-0.2, -0.15) is 0 Å². The quantitative estimate of drug-likeness (QED) is 0.393. The van der Waals surface area contributed by atoms with Crippen LogP contribution in [0.5, 0.6) is 0 Å². The lowest BCUT2D eigenvalue weighted by Crippen LogP contribution is -2.26. The molecule has 4 aromatic rings. The molecule has 5 heteroatoms. The Morgan fingerprint density at radius 1 is 0.939 bits per heavy atom. The second kappa shape index (κ2) is 9.43. The van der Waals surface area contributed by atoms with E-state index in [9.17, 15) is 4.79 Å². The van der Waals surface area contributed by atoms with Gasteiger partial charge >= 0.3 is 0 Å². The first-order valence-corrected chi connectivity index (χ1v) is 11.5. The standard InChI is InChI=1S/C28H28N4O/c29-20-23-18-24(10-11-27(23)30-13-17-31-14-3-4-15-31)32-16-12-22(19-28(32)33)26-9-5-7-21-6-1-2-8-25(21)26/h1-2,5-12,16,18-20,29-30H,3-4,13-15,17H2. The summed E-state index contributed by atoms with van der Waals surface area (Å²) in [5.41, 5.74) is 4.32. The van der Waals surface area contributed by atoms with Gasteiger partial charge in [0, 0.05) is 48.5 Å². The van der Waals surface area contributed by atoms with E-state index in [0.29, 0.717) is 0 Å². The van der Waals surface area contributed by atoms with E-state index in [1.807, 2.05) is 48.7 Å². The molecule has 2 heterocycles. The molecule has 166 valence electrons. The van der Waals surface area contributed by atoms with Crippen LogP contribution in [0, 0.1) is 5.41 Å². The monoisotopic (exact) mass is 436 g/mol. The van der Waals surface area contributed by atoms with Crippen molar-refractivity contribution in [2.75, 3.05) is 31.5 Å². The zero-order valence-electron chi connectivity index (χ0n) is 18.6. The highest BCUT2D eigenvalue weighted by atomic mass is 16.1.